The average molecular weight is 354 g/mol. The highest BCUT2D eigenvalue weighted by Crippen LogP contribution is 2.44. The smallest absolute Gasteiger partial charge is 0.257 e. The predicted octanol–water partition coefficient (Wildman–Crippen LogP) is 3.79. The van der Waals surface area contributed by atoms with Gasteiger partial charge in [0.25, 0.3) is 5.91 Å². The second-order valence-corrected chi connectivity index (χ2v) is 13.6. The second kappa shape index (κ2) is 5.54. The molecule has 0 aromatic heterocycles. The van der Waals surface area contributed by atoms with Crippen LogP contribution in [0.2, 0.25) is 19.6 Å². The first-order valence-corrected chi connectivity index (χ1v) is 12.3. The third-order valence-electron chi connectivity index (χ3n) is 5.27. The monoisotopic (exact) mass is 353 g/mol. The zero-order valence-corrected chi connectivity index (χ0v) is 16.9. The van der Waals surface area contributed by atoms with Gasteiger partial charge in [0.2, 0.25) is 0 Å². The van der Waals surface area contributed by atoms with Gasteiger partial charge in [0.15, 0.2) is 5.72 Å². The molecule has 1 unspecified atom stereocenters. The number of aliphatic hydroxyl groups is 1. The molecule has 0 radical (unpaired) electrons. The van der Waals surface area contributed by atoms with E-state index in [2.05, 4.69) is 25.7 Å². The van der Waals surface area contributed by atoms with Gasteiger partial charge in [0, 0.05) is 11.1 Å². The summed E-state index contributed by atoms with van der Waals surface area (Å²) < 4.78 is 0. The molecule has 0 aliphatic carbocycles. The normalized spacial score (nSPS) is 20.8. The summed E-state index contributed by atoms with van der Waals surface area (Å²) >= 11 is 0. The Balaban J connectivity index is 2.21. The van der Waals surface area contributed by atoms with Crippen LogP contribution in [0.5, 0.6) is 0 Å². The van der Waals surface area contributed by atoms with Gasteiger partial charge in [-0.15, -0.1) is 0 Å². The van der Waals surface area contributed by atoms with E-state index in [1.165, 1.54) is 0 Å². The van der Waals surface area contributed by atoms with E-state index in [9.17, 15) is 9.90 Å². The third kappa shape index (κ3) is 2.64. The molecule has 1 aliphatic rings. The SMILES string of the molecule is CC(C)(c1ccccc1)N1C(=O)c2c(cccc2[Si](C)(C)C)C1(C)O. The third-order valence-corrected chi connectivity index (χ3v) is 7.31. The molecule has 3 rings (SSSR count). The van der Waals surface area contributed by atoms with Crippen molar-refractivity contribution in [2.24, 2.45) is 0 Å². The molecule has 1 amide bonds. The van der Waals surface area contributed by atoms with Crippen molar-refractivity contribution in [2.45, 2.75) is 51.7 Å². The minimum Gasteiger partial charge on any atom is -0.367 e. The maximum absolute atomic E-state index is 13.5. The van der Waals surface area contributed by atoms with Gasteiger partial charge >= 0.3 is 0 Å². The number of benzene rings is 2. The number of fused-ring (bicyclic) bond motifs is 1. The maximum atomic E-state index is 13.5. The standard InChI is InChI=1S/C21H27NO2Si/c1-20(2,15-11-8-7-9-12-15)22-19(23)18-16(21(22,3)24)13-10-14-17(18)25(4,5)6/h7-14,24H,1-6H3. The second-order valence-electron chi connectivity index (χ2n) is 8.56. The van der Waals surface area contributed by atoms with E-state index < -0.39 is 19.3 Å². The van der Waals surface area contributed by atoms with E-state index in [1.54, 1.807) is 11.8 Å². The van der Waals surface area contributed by atoms with Crippen molar-refractivity contribution in [3.8, 4) is 0 Å². The van der Waals surface area contributed by atoms with E-state index in [0.717, 1.165) is 16.3 Å². The Kier molecular flexibility index (Phi) is 3.97. The van der Waals surface area contributed by atoms with E-state index in [4.69, 9.17) is 0 Å². The van der Waals surface area contributed by atoms with Crippen LogP contribution < -0.4 is 5.19 Å². The molecular formula is C21H27NO2Si. The lowest BCUT2D eigenvalue weighted by molar-refractivity contribution is -0.111. The molecule has 1 atom stereocenters. The van der Waals surface area contributed by atoms with Gasteiger partial charge in [-0.3, -0.25) is 9.69 Å². The molecule has 1 aliphatic heterocycles. The Bertz CT molecular complexity index is 820. The van der Waals surface area contributed by atoms with Crippen molar-refractivity contribution in [3.63, 3.8) is 0 Å². The molecule has 4 heteroatoms. The van der Waals surface area contributed by atoms with Crippen LogP contribution in [0, 0.1) is 0 Å². The summed E-state index contributed by atoms with van der Waals surface area (Å²) in [5.41, 5.74) is 0.474. The molecule has 2 aromatic carbocycles. The molecule has 132 valence electrons. The summed E-state index contributed by atoms with van der Waals surface area (Å²) in [4.78, 5) is 15.1. The summed E-state index contributed by atoms with van der Waals surface area (Å²) in [5.74, 6) is -0.0770. The molecule has 1 heterocycles. The Morgan fingerprint density at radius 2 is 1.60 bits per heavy atom. The Morgan fingerprint density at radius 1 is 1.00 bits per heavy atom. The number of carbonyl (C=O) groups excluding carboxylic acids is 1. The first-order valence-electron chi connectivity index (χ1n) is 8.75. The van der Waals surface area contributed by atoms with Gasteiger partial charge in [0.1, 0.15) is 0 Å². The number of hydrogen-bond donors (Lipinski definition) is 1. The van der Waals surface area contributed by atoms with Crippen molar-refractivity contribution in [2.75, 3.05) is 0 Å². The number of amides is 1. The van der Waals surface area contributed by atoms with Crippen molar-refractivity contribution < 1.29 is 9.90 Å². The molecule has 25 heavy (non-hydrogen) atoms. The Labute approximate surface area is 151 Å². The van der Waals surface area contributed by atoms with Gasteiger partial charge in [0.05, 0.1) is 13.6 Å². The summed E-state index contributed by atoms with van der Waals surface area (Å²) in [7, 11) is -1.72. The highest BCUT2D eigenvalue weighted by molar-refractivity contribution is 6.89. The van der Waals surface area contributed by atoms with Gasteiger partial charge in [-0.2, -0.15) is 0 Å². The zero-order chi connectivity index (χ0) is 18.6. The van der Waals surface area contributed by atoms with Crippen LogP contribution in [0.25, 0.3) is 0 Å². The number of nitrogens with zero attached hydrogens (tertiary/aromatic N) is 1. The van der Waals surface area contributed by atoms with E-state index in [0.29, 0.717) is 5.56 Å². The van der Waals surface area contributed by atoms with Crippen LogP contribution in [0.1, 0.15) is 42.3 Å². The summed E-state index contributed by atoms with van der Waals surface area (Å²) in [6, 6.07) is 15.8. The predicted molar refractivity (Wildman–Crippen MR) is 105 cm³/mol. The highest BCUT2D eigenvalue weighted by atomic mass is 28.3. The zero-order valence-electron chi connectivity index (χ0n) is 15.9. The quantitative estimate of drug-likeness (QED) is 0.853. The molecule has 0 saturated carbocycles. The Hall–Kier alpha value is -1.91. The fourth-order valence-corrected chi connectivity index (χ4v) is 5.59. The van der Waals surface area contributed by atoms with Gasteiger partial charge in [-0.25, -0.2) is 0 Å². The fourth-order valence-electron chi connectivity index (χ4n) is 4.01. The van der Waals surface area contributed by atoms with Crippen LogP contribution in [0.3, 0.4) is 0 Å². The Morgan fingerprint density at radius 3 is 2.16 bits per heavy atom. The van der Waals surface area contributed by atoms with E-state index >= 15 is 0 Å². The molecule has 1 N–H and O–H groups in total. The largest absolute Gasteiger partial charge is 0.367 e. The summed E-state index contributed by atoms with van der Waals surface area (Å²) in [6.45, 7) is 12.4. The summed E-state index contributed by atoms with van der Waals surface area (Å²) in [6.07, 6.45) is 0. The molecule has 0 bridgehead atoms. The van der Waals surface area contributed by atoms with Crippen LogP contribution >= 0.6 is 0 Å². The van der Waals surface area contributed by atoms with Crippen molar-refractivity contribution in [1.82, 2.24) is 4.90 Å². The number of rotatable bonds is 3. The van der Waals surface area contributed by atoms with E-state index in [-0.39, 0.29) is 5.91 Å². The first-order chi connectivity index (χ1) is 11.5. The fraction of sp³-hybridized carbons (Fsp3) is 0.381. The van der Waals surface area contributed by atoms with Crippen molar-refractivity contribution >= 4 is 19.2 Å². The van der Waals surface area contributed by atoms with Crippen molar-refractivity contribution in [3.05, 3.63) is 65.2 Å². The maximum Gasteiger partial charge on any atom is 0.257 e. The van der Waals surface area contributed by atoms with Crippen LogP contribution in [-0.4, -0.2) is 24.0 Å². The van der Waals surface area contributed by atoms with Gasteiger partial charge in [-0.1, -0.05) is 68.2 Å². The first kappa shape index (κ1) is 17.9. The summed E-state index contributed by atoms with van der Waals surface area (Å²) in [5, 5.41) is 12.5. The lowest BCUT2D eigenvalue weighted by atomic mass is 9.90. The molecule has 2 aromatic rings. The van der Waals surface area contributed by atoms with Crippen molar-refractivity contribution in [1.29, 1.82) is 0 Å². The molecule has 0 spiro atoms. The topological polar surface area (TPSA) is 40.5 Å². The van der Waals surface area contributed by atoms with Crippen LogP contribution in [0.15, 0.2) is 48.5 Å². The number of carbonyl (C=O) groups is 1. The van der Waals surface area contributed by atoms with Crippen LogP contribution in [-0.2, 0) is 11.3 Å². The molecule has 3 nitrogen and oxygen atoms in total. The average Bonchev–Trinajstić information content (AvgIpc) is 2.74. The van der Waals surface area contributed by atoms with Crippen LogP contribution in [0.4, 0.5) is 0 Å². The highest BCUT2D eigenvalue weighted by Gasteiger charge is 2.53. The minimum absolute atomic E-state index is 0.0770. The van der Waals surface area contributed by atoms with E-state index in [1.807, 2.05) is 56.3 Å². The van der Waals surface area contributed by atoms with Gasteiger partial charge in [-0.05, 0) is 31.5 Å². The molecule has 0 saturated heterocycles. The molecular weight excluding hydrogens is 326 g/mol. The lowest BCUT2D eigenvalue weighted by Crippen LogP contribution is -2.52. The lowest BCUT2D eigenvalue weighted by Gasteiger charge is -2.43. The number of hydrogen-bond acceptors (Lipinski definition) is 2. The molecule has 0 fully saturated rings. The van der Waals surface area contributed by atoms with Gasteiger partial charge < -0.3 is 5.11 Å². The minimum atomic E-state index is -1.72.